The maximum atomic E-state index is 12.8. The van der Waals surface area contributed by atoms with E-state index in [1.807, 2.05) is 38.1 Å². The second kappa shape index (κ2) is 7.55. The fraction of sp³-hybridized carbons (Fsp3) is 0.571. The molecule has 0 unspecified atom stereocenters. The minimum Gasteiger partial charge on any atom is -0.480 e. The third-order valence-electron chi connectivity index (χ3n) is 5.81. The number of carbonyl (C=O) groups excluding carboxylic acids is 2. The quantitative estimate of drug-likeness (QED) is 0.658. The standard InChI is InChI=1S/C21H29N3O4S/c1-6-23(7-2)14-10-8-9-13(11-14)12-15(25)22-21(5)18(28)24-16(17(26)27)20(3,4)29-19(21)24/h8-11,16,19H,6-7,12H2,1-5H3,(H,22,25)(H,26,27)/t16-,19+,21-/m0/s1. The molecule has 2 saturated heterocycles. The summed E-state index contributed by atoms with van der Waals surface area (Å²) in [6.07, 6.45) is 0.168. The van der Waals surface area contributed by atoms with Crippen LogP contribution in [0.5, 0.6) is 0 Å². The number of anilines is 1. The van der Waals surface area contributed by atoms with Crippen molar-refractivity contribution in [2.45, 2.75) is 62.7 Å². The predicted molar refractivity (Wildman–Crippen MR) is 114 cm³/mol. The topological polar surface area (TPSA) is 90.0 Å². The minimum atomic E-state index is -1.08. The van der Waals surface area contributed by atoms with Crippen LogP contribution in [0.4, 0.5) is 5.69 Å². The minimum absolute atomic E-state index is 0.168. The van der Waals surface area contributed by atoms with Gasteiger partial charge >= 0.3 is 5.97 Å². The third-order valence-corrected chi connectivity index (χ3v) is 7.57. The molecule has 158 valence electrons. The second-order valence-corrected chi connectivity index (χ2v) is 10.0. The van der Waals surface area contributed by atoms with Gasteiger partial charge in [-0.1, -0.05) is 12.1 Å². The molecule has 2 aliphatic heterocycles. The van der Waals surface area contributed by atoms with Gasteiger partial charge in [0.15, 0.2) is 0 Å². The highest BCUT2D eigenvalue weighted by Gasteiger charge is 2.70. The maximum Gasteiger partial charge on any atom is 0.327 e. The summed E-state index contributed by atoms with van der Waals surface area (Å²) < 4.78 is -0.618. The molecule has 3 atom stereocenters. The summed E-state index contributed by atoms with van der Waals surface area (Å²) in [4.78, 5) is 40.8. The van der Waals surface area contributed by atoms with Gasteiger partial charge in [0.05, 0.1) is 6.42 Å². The highest BCUT2D eigenvalue weighted by Crippen LogP contribution is 2.54. The Kier molecular flexibility index (Phi) is 5.60. The van der Waals surface area contributed by atoms with Gasteiger partial charge in [0, 0.05) is 23.5 Å². The molecule has 2 fully saturated rings. The molecular formula is C21H29N3O4S. The van der Waals surface area contributed by atoms with Crippen LogP contribution in [-0.4, -0.2) is 62.6 Å². The Hall–Kier alpha value is -2.22. The summed E-state index contributed by atoms with van der Waals surface area (Å²) in [7, 11) is 0. The molecule has 0 spiro atoms. The van der Waals surface area contributed by atoms with Crippen molar-refractivity contribution in [1.82, 2.24) is 10.2 Å². The zero-order valence-corrected chi connectivity index (χ0v) is 18.4. The number of fused-ring (bicyclic) bond motifs is 1. The number of hydrogen-bond acceptors (Lipinski definition) is 5. The van der Waals surface area contributed by atoms with Gasteiger partial charge in [0.1, 0.15) is 17.0 Å². The van der Waals surface area contributed by atoms with Crippen LogP contribution in [0.2, 0.25) is 0 Å². The molecule has 2 N–H and O–H groups in total. The van der Waals surface area contributed by atoms with E-state index in [-0.39, 0.29) is 23.6 Å². The van der Waals surface area contributed by atoms with Gasteiger partial charge in [-0.15, -0.1) is 11.8 Å². The molecule has 2 heterocycles. The second-order valence-electron chi connectivity index (χ2n) is 8.30. The van der Waals surface area contributed by atoms with Crippen molar-refractivity contribution in [2.75, 3.05) is 18.0 Å². The number of carboxylic acids is 1. The van der Waals surface area contributed by atoms with Crippen LogP contribution in [0.3, 0.4) is 0 Å². The number of rotatable bonds is 7. The fourth-order valence-electron chi connectivity index (χ4n) is 4.31. The van der Waals surface area contributed by atoms with Gasteiger partial charge in [-0.05, 0) is 52.3 Å². The highest BCUT2D eigenvalue weighted by molar-refractivity contribution is 8.01. The Bertz CT molecular complexity index is 839. The first-order valence-corrected chi connectivity index (χ1v) is 10.8. The molecule has 0 aromatic heterocycles. The van der Waals surface area contributed by atoms with Crippen LogP contribution in [-0.2, 0) is 20.8 Å². The normalized spacial score (nSPS) is 27.2. The lowest BCUT2D eigenvalue weighted by molar-refractivity contribution is -0.167. The molecule has 7 nitrogen and oxygen atoms in total. The lowest BCUT2D eigenvalue weighted by atomic mass is 9.86. The summed E-state index contributed by atoms with van der Waals surface area (Å²) in [5, 5.41) is 12.0. The lowest BCUT2D eigenvalue weighted by Crippen LogP contribution is -2.78. The molecule has 3 rings (SSSR count). The van der Waals surface area contributed by atoms with E-state index in [1.54, 1.807) is 6.92 Å². The van der Waals surface area contributed by atoms with E-state index in [0.717, 1.165) is 24.3 Å². The molecule has 0 bridgehead atoms. The van der Waals surface area contributed by atoms with Gasteiger partial charge in [-0.2, -0.15) is 0 Å². The van der Waals surface area contributed by atoms with Crippen molar-refractivity contribution in [3.8, 4) is 0 Å². The number of hydrogen-bond donors (Lipinski definition) is 2. The van der Waals surface area contributed by atoms with Gasteiger partial charge in [0.2, 0.25) is 5.91 Å². The fourth-order valence-corrected chi connectivity index (χ4v) is 5.95. The van der Waals surface area contributed by atoms with Crippen molar-refractivity contribution >= 4 is 35.2 Å². The Labute approximate surface area is 175 Å². The van der Waals surface area contributed by atoms with E-state index in [2.05, 4.69) is 24.1 Å². The highest BCUT2D eigenvalue weighted by atomic mass is 32.2. The van der Waals surface area contributed by atoms with Crippen LogP contribution in [0.15, 0.2) is 24.3 Å². The Morgan fingerprint density at radius 2 is 1.90 bits per heavy atom. The number of carboxylic acid groups (broad SMARTS) is 1. The first-order chi connectivity index (χ1) is 13.5. The molecule has 1 aromatic carbocycles. The van der Waals surface area contributed by atoms with Gasteiger partial charge in [-0.25, -0.2) is 4.79 Å². The molecule has 1 aromatic rings. The van der Waals surface area contributed by atoms with Crippen LogP contribution in [0.25, 0.3) is 0 Å². The van der Waals surface area contributed by atoms with Crippen molar-refractivity contribution in [3.63, 3.8) is 0 Å². The van der Waals surface area contributed by atoms with Crippen LogP contribution in [0, 0.1) is 0 Å². The van der Waals surface area contributed by atoms with E-state index in [0.29, 0.717) is 0 Å². The number of carbonyl (C=O) groups is 3. The molecule has 0 radical (unpaired) electrons. The van der Waals surface area contributed by atoms with Crippen molar-refractivity contribution in [3.05, 3.63) is 29.8 Å². The number of benzene rings is 1. The third kappa shape index (κ3) is 3.58. The number of amides is 2. The smallest absolute Gasteiger partial charge is 0.327 e. The number of nitrogens with zero attached hydrogens (tertiary/aromatic N) is 2. The van der Waals surface area contributed by atoms with Crippen molar-refractivity contribution in [1.29, 1.82) is 0 Å². The number of β-lactam (4-membered cyclic amide) rings is 1. The average molecular weight is 420 g/mol. The average Bonchev–Trinajstić information content (AvgIpc) is 2.92. The Balaban J connectivity index is 1.71. The van der Waals surface area contributed by atoms with E-state index in [4.69, 9.17) is 0 Å². The molecule has 8 heteroatoms. The number of nitrogens with one attached hydrogen (secondary N) is 1. The molecule has 2 aliphatic rings. The zero-order valence-electron chi connectivity index (χ0n) is 17.6. The van der Waals surface area contributed by atoms with E-state index in [9.17, 15) is 19.5 Å². The van der Waals surface area contributed by atoms with E-state index < -0.39 is 22.3 Å². The predicted octanol–water partition coefficient (Wildman–Crippen LogP) is 2.10. The molecule has 0 saturated carbocycles. The number of thioether (sulfide) groups is 1. The van der Waals surface area contributed by atoms with Crippen molar-refractivity contribution in [2.24, 2.45) is 0 Å². The first kappa shape index (κ1) is 21.5. The zero-order chi connectivity index (χ0) is 21.6. The summed E-state index contributed by atoms with van der Waals surface area (Å²) in [6.45, 7) is 11.3. The van der Waals surface area contributed by atoms with Crippen LogP contribution < -0.4 is 10.2 Å². The van der Waals surface area contributed by atoms with Gasteiger partial charge in [-0.3, -0.25) is 9.59 Å². The van der Waals surface area contributed by atoms with Gasteiger partial charge < -0.3 is 20.2 Å². The summed E-state index contributed by atoms with van der Waals surface area (Å²) in [5.41, 5.74) is 0.858. The molecule has 0 aliphatic carbocycles. The molecule has 2 amide bonds. The van der Waals surface area contributed by atoms with Crippen LogP contribution >= 0.6 is 11.8 Å². The van der Waals surface area contributed by atoms with E-state index in [1.165, 1.54) is 16.7 Å². The lowest BCUT2D eigenvalue weighted by Gasteiger charge is -2.51. The molecule has 29 heavy (non-hydrogen) atoms. The largest absolute Gasteiger partial charge is 0.480 e. The first-order valence-electron chi connectivity index (χ1n) is 9.93. The van der Waals surface area contributed by atoms with E-state index >= 15 is 0 Å². The Morgan fingerprint density at radius 3 is 2.48 bits per heavy atom. The monoisotopic (exact) mass is 419 g/mol. The summed E-state index contributed by atoms with van der Waals surface area (Å²) in [5.74, 6) is -1.59. The SMILES string of the molecule is CCN(CC)c1cccc(CC(=O)N[C@@]2(C)C(=O)N3[C@@H](C(=O)O)C(C)(C)S[C@@H]32)c1. The molecular weight excluding hydrogens is 390 g/mol. The summed E-state index contributed by atoms with van der Waals surface area (Å²) >= 11 is 1.43. The van der Waals surface area contributed by atoms with Crippen molar-refractivity contribution < 1.29 is 19.5 Å². The number of aliphatic carboxylic acids is 1. The Morgan fingerprint density at radius 1 is 1.24 bits per heavy atom. The van der Waals surface area contributed by atoms with Gasteiger partial charge in [0.25, 0.3) is 5.91 Å². The van der Waals surface area contributed by atoms with Crippen LogP contribution in [0.1, 0.15) is 40.2 Å². The maximum absolute atomic E-state index is 12.8. The summed E-state index contributed by atoms with van der Waals surface area (Å²) in [6, 6.07) is 6.96.